The van der Waals surface area contributed by atoms with Crippen LogP contribution in [-0.2, 0) is 4.74 Å². The van der Waals surface area contributed by atoms with Crippen LogP contribution in [0.25, 0.3) is 0 Å². The molecular formula is C8H12N4O4S. The standard InChI is InChI=1S/C8H12N4O4S/c9-6(17)7-10-2-11-12(7)8-5(15)4(14)3(1-13)16-8/h2-5,8,13-15H,1H2,(H2,9,17)/t3-,4-,5-,8-/m1/s1. The second-order valence-corrected chi connectivity index (χ2v) is 4.06. The van der Waals surface area contributed by atoms with Crippen LogP contribution in [-0.4, -0.2) is 60.0 Å². The van der Waals surface area contributed by atoms with Crippen LogP contribution in [0.1, 0.15) is 12.1 Å². The molecule has 17 heavy (non-hydrogen) atoms. The molecule has 1 saturated heterocycles. The molecule has 94 valence electrons. The number of hydrogen-bond acceptors (Lipinski definition) is 7. The minimum atomic E-state index is -1.23. The zero-order chi connectivity index (χ0) is 12.6. The summed E-state index contributed by atoms with van der Waals surface area (Å²) in [6, 6.07) is 0. The Kier molecular flexibility index (Phi) is 3.35. The van der Waals surface area contributed by atoms with E-state index in [2.05, 4.69) is 10.1 Å². The van der Waals surface area contributed by atoms with E-state index in [0.717, 1.165) is 0 Å². The molecule has 2 heterocycles. The quantitative estimate of drug-likeness (QED) is 0.440. The number of rotatable bonds is 3. The molecule has 5 N–H and O–H groups in total. The van der Waals surface area contributed by atoms with E-state index in [-0.39, 0.29) is 10.8 Å². The van der Waals surface area contributed by atoms with Gasteiger partial charge in [-0.2, -0.15) is 5.10 Å². The fraction of sp³-hybridized carbons (Fsp3) is 0.625. The molecule has 1 fully saturated rings. The second kappa shape index (κ2) is 4.63. The summed E-state index contributed by atoms with van der Waals surface area (Å²) in [6.07, 6.45) is -3.07. The second-order valence-electron chi connectivity index (χ2n) is 3.62. The Morgan fingerprint density at radius 3 is 2.76 bits per heavy atom. The van der Waals surface area contributed by atoms with Crippen molar-refractivity contribution in [3.63, 3.8) is 0 Å². The molecule has 0 aromatic carbocycles. The van der Waals surface area contributed by atoms with Crippen molar-refractivity contribution < 1.29 is 20.1 Å². The van der Waals surface area contributed by atoms with E-state index in [0.29, 0.717) is 0 Å². The lowest BCUT2D eigenvalue weighted by molar-refractivity contribution is -0.0590. The summed E-state index contributed by atoms with van der Waals surface area (Å²) in [5.74, 6) is 0.176. The topological polar surface area (TPSA) is 127 Å². The van der Waals surface area contributed by atoms with Crippen LogP contribution in [0.3, 0.4) is 0 Å². The maximum Gasteiger partial charge on any atom is 0.187 e. The van der Waals surface area contributed by atoms with Crippen LogP contribution < -0.4 is 5.73 Å². The van der Waals surface area contributed by atoms with Crippen LogP contribution in [0.2, 0.25) is 0 Å². The lowest BCUT2D eigenvalue weighted by Gasteiger charge is -2.16. The van der Waals surface area contributed by atoms with Crippen LogP contribution in [0, 0.1) is 0 Å². The monoisotopic (exact) mass is 260 g/mol. The molecule has 8 nitrogen and oxygen atoms in total. The smallest absolute Gasteiger partial charge is 0.187 e. The first kappa shape index (κ1) is 12.3. The summed E-state index contributed by atoms with van der Waals surface area (Å²) < 4.78 is 6.45. The summed E-state index contributed by atoms with van der Waals surface area (Å²) >= 11 is 4.77. The zero-order valence-corrected chi connectivity index (χ0v) is 9.49. The van der Waals surface area contributed by atoms with Crippen LogP contribution in [0.5, 0.6) is 0 Å². The molecule has 0 spiro atoms. The zero-order valence-electron chi connectivity index (χ0n) is 8.67. The van der Waals surface area contributed by atoms with Crippen molar-refractivity contribution in [2.45, 2.75) is 24.5 Å². The summed E-state index contributed by atoms with van der Waals surface area (Å²) in [5.41, 5.74) is 5.43. The van der Waals surface area contributed by atoms with E-state index >= 15 is 0 Å². The SMILES string of the molecule is NC(=S)c1ncnn1[C@@H]1O[C@H](CO)[C@@H](O)[C@H]1O. The molecule has 0 aliphatic carbocycles. The van der Waals surface area contributed by atoms with E-state index in [4.69, 9.17) is 27.8 Å². The lowest BCUT2D eigenvalue weighted by Crippen LogP contribution is -2.34. The van der Waals surface area contributed by atoms with Crippen molar-refractivity contribution in [3.8, 4) is 0 Å². The molecule has 2 rings (SSSR count). The fourth-order valence-electron chi connectivity index (χ4n) is 1.69. The summed E-state index contributed by atoms with van der Waals surface area (Å²) in [5, 5.41) is 32.2. The van der Waals surface area contributed by atoms with Crippen molar-refractivity contribution in [1.82, 2.24) is 14.8 Å². The highest BCUT2D eigenvalue weighted by Gasteiger charge is 2.44. The molecule has 1 aromatic heterocycles. The predicted octanol–water partition coefficient (Wildman–Crippen LogP) is -2.48. The highest BCUT2D eigenvalue weighted by atomic mass is 32.1. The van der Waals surface area contributed by atoms with Crippen molar-refractivity contribution in [2.75, 3.05) is 6.61 Å². The molecule has 1 aliphatic rings. The Labute approximate surface area is 102 Å². The van der Waals surface area contributed by atoms with Gasteiger partial charge in [-0.15, -0.1) is 0 Å². The first-order valence-electron chi connectivity index (χ1n) is 4.88. The Hall–Kier alpha value is -1.13. The maximum absolute atomic E-state index is 9.78. The number of nitrogens with zero attached hydrogens (tertiary/aromatic N) is 3. The van der Waals surface area contributed by atoms with E-state index in [1.165, 1.54) is 11.0 Å². The number of aliphatic hydroxyl groups excluding tert-OH is 3. The van der Waals surface area contributed by atoms with E-state index in [1.807, 2.05) is 0 Å². The van der Waals surface area contributed by atoms with Gasteiger partial charge in [-0.1, -0.05) is 12.2 Å². The average Bonchev–Trinajstić information content (AvgIpc) is 2.86. The molecule has 0 amide bonds. The van der Waals surface area contributed by atoms with Gasteiger partial charge < -0.3 is 25.8 Å². The van der Waals surface area contributed by atoms with Gasteiger partial charge >= 0.3 is 0 Å². The van der Waals surface area contributed by atoms with Gasteiger partial charge in [0.05, 0.1) is 6.61 Å². The Bertz CT molecular complexity index is 425. The number of thiocarbonyl (C=S) groups is 1. The van der Waals surface area contributed by atoms with E-state index < -0.39 is 31.1 Å². The average molecular weight is 260 g/mol. The predicted molar refractivity (Wildman–Crippen MR) is 58.9 cm³/mol. The number of aromatic nitrogens is 3. The third kappa shape index (κ3) is 2.03. The van der Waals surface area contributed by atoms with Gasteiger partial charge in [-0.25, -0.2) is 9.67 Å². The molecule has 9 heteroatoms. The highest BCUT2D eigenvalue weighted by Crippen LogP contribution is 2.29. The Morgan fingerprint density at radius 2 is 2.24 bits per heavy atom. The maximum atomic E-state index is 9.78. The highest BCUT2D eigenvalue weighted by molar-refractivity contribution is 7.80. The fourth-order valence-corrected chi connectivity index (χ4v) is 1.84. The first-order valence-corrected chi connectivity index (χ1v) is 5.29. The minimum absolute atomic E-state index is 0.000221. The largest absolute Gasteiger partial charge is 0.394 e. The molecule has 1 aliphatic heterocycles. The number of nitrogens with two attached hydrogens (primary N) is 1. The van der Waals surface area contributed by atoms with Crippen LogP contribution >= 0.6 is 12.2 Å². The third-order valence-electron chi connectivity index (χ3n) is 2.55. The van der Waals surface area contributed by atoms with E-state index in [1.54, 1.807) is 0 Å². The van der Waals surface area contributed by atoms with Gasteiger partial charge in [0.25, 0.3) is 0 Å². The third-order valence-corrected chi connectivity index (χ3v) is 2.73. The summed E-state index contributed by atoms with van der Waals surface area (Å²) in [6.45, 7) is -0.411. The summed E-state index contributed by atoms with van der Waals surface area (Å²) in [7, 11) is 0. The van der Waals surface area contributed by atoms with Crippen LogP contribution in [0.15, 0.2) is 6.33 Å². The molecule has 0 radical (unpaired) electrons. The van der Waals surface area contributed by atoms with Gasteiger partial charge in [0.15, 0.2) is 12.1 Å². The van der Waals surface area contributed by atoms with Crippen molar-refractivity contribution in [3.05, 3.63) is 12.2 Å². The van der Waals surface area contributed by atoms with E-state index in [9.17, 15) is 10.2 Å². The van der Waals surface area contributed by atoms with Crippen molar-refractivity contribution >= 4 is 17.2 Å². The summed E-state index contributed by atoms with van der Waals surface area (Å²) in [4.78, 5) is 3.82. The molecule has 0 saturated carbocycles. The van der Waals surface area contributed by atoms with Gasteiger partial charge in [-0.05, 0) is 0 Å². The molecule has 1 aromatic rings. The molecule has 0 unspecified atom stereocenters. The van der Waals surface area contributed by atoms with Gasteiger partial charge in [-0.3, -0.25) is 0 Å². The van der Waals surface area contributed by atoms with Crippen molar-refractivity contribution in [2.24, 2.45) is 5.73 Å². The molecule has 0 bridgehead atoms. The first-order chi connectivity index (χ1) is 8.06. The molecular weight excluding hydrogens is 248 g/mol. The normalized spacial score (nSPS) is 32.9. The number of ether oxygens (including phenoxy) is 1. The lowest BCUT2D eigenvalue weighted by atomic mass is 10.1. The van der Waals surface area contributed by atoms with Gasteiger partial charge in [0, 0.05) is 0 Å². The minimum Gasteiger partial charge on any atom is -0.394 e. The molecule has 4 atom stereocenters. The van der Waals surface area contributed by atoms with Crippen LogP contribution in [0.4, 0.5) is 0 Å². The number of hydrogen-bond donors (Lipinski definition) is 4. The number of aliphatic hydroxyl groups is 3. The van der Waals surface area contributed by atoms with Crippen molar-refractivity contribution in [1.29, 1.82) is 0 Å². The van der Waals surface area contributed by atoms with Gasteiger partial charge in [0.2, 0.25) is 0 Å². The Morgan fingerprint density at radius 1 is 1.53 bits per heavy atom. The Balaban J connectivity index is 2.29. The van der Waals surface area contributed by atoms with Gasteiger partial charge in [0.1, 0.15) is 29.6 Å².